The van der Waals surface area contributed by atoms with Gasteiger partial charge in [-0.25, -0.2) is 9.13 Å². The summed E-state index contributed by atoms with van der Waals surface area (Å²) < 4.78 is 4.80. The third-order valence-corrected chi connectivity index (χ3v) is 7.29. The van der Waals surface area contributed by atoms with Gasteiger partial charge in [-0.05, 0) is 32.6 Å². The van der Waals surface area contributed by atoms with Crippen LogP contribution in [0.2, 0.25) is 0 Å². The summed E-state index contributed by atoms with van der Waals surface area (Å²) in [6, 6.07) is 0. The SMILES string of the molecule is CC(=O)[O-].CCCCCCCCCCCCCCn1cc[n+](CCCCCCCCCCCCCC)c1. The van der Waals surface area contributed by atoms with Gasteiger partial charge in [0.25, 0.3) is 0 Å². The van der Waals surface area contributed by atoms with Gasteiger partial charge in [-0.2, -0.15) is 0 Å². The number of carboxylic acids is 1. The molecule has 4 heteroatoms. The summed E-state index contributed by atoms with van der Waals surface area (Å²) in [4.78, 5) is 8.89. The summed E-state index contributed by atoms with van der Waals surface area (Å²) in [5, 5.41) is 8.89. The molecule has 218 valence electrons. The zero-order valence-electron chi connectivity index (χ0n) is 25.3. The molecule has 37 heavy (non-hydrogen) atoms. The highest BCUT2D eigenvalue weighted by Crippen LogP contribution is 2.13. The lowest BCUT2D eigenvalue weighted by Crippen LogP contribution is -2.30. The van der Waals surface area contributed by atoms with Crippen LogP contribution in [0.4, 0.5) is 0 Å². The van der Waals surface area contributed by atoms with E-state index >= 15 is 0 Å². The molecule has 4 nitrogen and oxygen atoms in total. The maximum Gasteiger partial charge on any atom is 0.243 e. The lowest BCUT2D eigenvalue weighted by Gasteiger charge is -2.02. The number of nitrogens with zero attached hydrogens (tertiary/aromatic N) is 2. The predicted octanol–water partition coefficient (Wildman–Crippen LogP) is 8.93. The number of rotatable bonds is 26. The van der Waals surface area contributed by atoms with Crippen molar-refractivity contribution in [1.29, 1.82) is 0 Å². The van der Waals surface area contributed by atoms with Crippen LogP contribution in [0, 0.1) is 0 Å². The fourth-order valence-corrected chi connectivity index (χ4v) is 4.97. The van der Waals surface area contributed by atoms with Crippen LogP contribution in [-0.2, 0) is 17.9 Å². The number of carbonyl (C=O) groups excluding carboxylic acids is 1. The van der Waals surface area contributed by atoms with Crippen LogP contribution >= 0.6 is 0 Å². The zero-order valence-corrected chi connectivity index (χ0v) is 25.3. The van der Waals surface area contributed by atoms with E-state index in [1.54, 1.807) is 0 Å². The molecule has 0 saturated heterocycles. The summed E-state index contributed by atoms with van der Waals surface area (Å²) in [7, 11) is 0. The minimum atomic E-state index is -1.08. The zero-order chi connectivity index (χ0) is 27.2. The van der Waals surface area contributed by atoms with E-state index in [4.69, 9.17) is 9.90 Å². The molecule has 0 saturated carbocycles. The van der Waals surface area contributed by atoms with E-state index in [9.17, 15) is 0 Å². The number of carboxylic acid groups (broad SMARTS) is 1. The van der Waals surface area contributed by atoms with Crippen molar-refractivity contribution in [2.24, 2.45) is 0 Å². The normalized spacial score (nSPS) is 10.9. The lowest BCUT2D eigenvalue weighted by molar-refractivity contribution is -0.696. The smallest absolute Gasteiger partial charge is 0.243 e. The van der Waals surface area contributed by atoms with Crippen LogP contribution in [0.15, 0.2) is 18.7 Å². The van der Waals surface area contributed by atoms with Crippen molar-refractivity contribution in [2.75, 3.05) is 0 Å². The van der Waals surface area contributed by atoms with Crippen molar-refractivity contribution in [1.82, 2.24) is 4.57 Å². The Morgan fingerprint density at radius 1 is 0.595 bits per heavy atom. The van der Waals surface area contributed by atoms with E-state index in [0.717, 1.165) is 6.92 Å². The average molecular weight is 521 g/mol. The van der Waals surface area contributed by atoms with Crippen molar-refractivity contribution >= 4 is 5.97 Å². The first-order chi connectivity index (χ1) is 18.1. The van der Waals surface area contributed by atoms with Gasteiger partial charge in [0, 0.05) is 5.97 Å². The monoisotopic (exact) mass is 520 g/mol. The first-order valence-electron chi connectivity index (χ1n) is 16.3. The van der Waals surface area contributed by atoms with Gasteiger partial charge in [-0.15, -0.1) is 0 Å². The van der Waals surface area contributed by atoms with Gasteiger partial charge in [0.2, 0.25) is 6.33 Å². The van der Waals surface area contributed by atoms with E-state index < -0.39 is 5.97 Å². The Hall–Kier alpha value is -1.32. The molecule has 0 aliphatic carbocycles. The Bertz CT molecular complexity index is 538. The second-order valence-corrected chi connectivity index (χ2v) is 11.2. The van der Waals surface area contributed by atoms with E-state index in [0.29, 0.717) is 0 Å². The quantitative estimate of drug-likeness (QED) is 0.0904. The second-order valence-electron chi connectivity index (χ2n) is 11.2. The number of hydrogen-bond acceptors (Lipinski definition) is 2. The summed E-state index contributed by atoms with van der Waals surface area (Å²) >= 11 is 0. The summed E-state index contributed by atoms with van der Waals surface area (Å²) in [6.07, 6.45) is 41.2. The lowest BCUT2D eigenvalue weighted by atomic mass is 10.1. The number of aromatic nitrogens is 2. The predicted molar refractivity (Wildman–Crippen MR) is 157 cm³/mol. The number of unbranched alkanes of at least 4 members (excludes halogenated alkanes) is 22. The minimum absolute atomic E-state index is 0.972. The third-order valence-electron chi connectivity index (χ3n) is 7.29. The van der Waals surface area contributed by atoms with Crippen molar-refractivity contribution in [3.63, 3.8) is 0 Å². The van der Waals surface area contributed by atoms with Gasteiger partial charge in [-0.3, -0.25) is 0 Å². The molecule has 0 unspecified atom stereocenters. The van der Waals surface area contributed by atoms with Crippen LogP contribution in [0.3, 0.4) is 0 Å². The first-order valence-corrected chi connectivity index (χ1v) is 16.3. The molecular weight excluding hydrogens is 456 g/mol. The number of aliphatic carboxylic acids is 1. The number of hydrogen-bond donors (Lipinski definition) is 0. The van der Waals surface area contributed by atoms with Crippen LogP contribution in [0.25, 0.3) is 0 Å². The first kappa shape index (κ1) is 35.7. The molecule has 0 radical (unpaired) electrons. The molecule has 0 N–H and O–H groups in total. The second kappa shape index (κ2) is 29.2. The van der Waals surface area contributed by atoms with Gasteiger partial charge in [0.05, 0.1) is 13.1 Å². The Balaban J connectivity index is 0.00000300. The average Bonchev–Trinajstić information content (AvgIpc) is 3.32. The highest BCUT2D eigenvalue weighted by molar-refractivity contribution is 5.60. The highest BCUT2D eigenvalue weighted by Gasteiger charge is 2.03. The molecule has 0 bridgehead atoms. The molecule has 0 amide bonds. The molecule has 0 aliphatic heterocycles. The molecule has 0 spiro atoms. The van der Waals surface area contributed by atoms with E-state index in [1.807, 2.05) is 0 Å². The van der Waals surface area contributed by atoms with Crippen molar-refractivity contribution in [3.05, 3.63) is 18.7 Å². The Morgan fingerprint density at radius 3 is 1.30 bits per heavy atom. The molecule has 0 aromatic carbocycles. The molecule has 0 atom stereocenters. The van der Waals surface area contributed by atoms with E-state index in [1.165, 1.54) is 167 Å². The van der Waals surface area contributed by atoms with Gasteiger partial charge in [0.15, 0.2) is 0 Å². The fraction of sp³-hybridized carbons (Fsp3) is 0.879. The fourth-order valence-electron chi connectivity index (χ4n) is 4.97. The number of aryl methyl sites for hydroxylation is 2. The van der Waals surface area contributed by atoms with Crippen molar-refractivity contribution in [3.8, 4) is 0 Å². The highest BCUT2D eigenvalue weighted by atomic mass is 16.4. The maximum atomic E-state index is 8.89. The number of carbonyl (C=O) groups is 1. The molecule has 0 fully saturated rings. The topological polar surface area (TPSA) is 48.9 Å². The van der Waals surface area contributed by atoms with Gasteiger partial charge < -0.3 is 9.90 Å². The molecule has 0 aliphatic rings. The Labute approximate surface area is 231 Å². The maximum absolute atomic E-state index is 8.89. The minimum Gasteiger partial charge on any atom is -0.550 e. The summed E-state index contributed by atoms with van der Waals surface area (Å²) in [5.74, 6) is -1.08. The Kier molecular flexibility index (Phi) is 28.2. The Morgan fingerprint density at radius 2 is 0.919 bits per heavy atom. The molecule has 1 rings (SSSR count). The molecular formula is C33H64N2O2. The largest absolute Gasteiger partial charge is 0.550 e. The number of imidazole rings is 1. The van der Waals surface area contributed by atoms with E-state index in [-0.39, 0.29) is 0 Å². The van der Waals surface area contributed by atoms with Crippen LogP contribution in [0.5, 0.6) is 0 Å². The van der Waals surface area contributed by atoms with Crippen molar-refractivity contribution in [2.45, 2.75) is 188 Å². The standard InChI is InChI=1S/C31H61N2.C2H4O2/c1-3-5-7-9-11-13-15-17-19-21-23-25-27-32-29-30-33(31-32)28-26-24-22-20-18-16-14-12-10-8-6-4-2;1-2(3)4/h29-31H,3-28H2,1-2H3;1H3,(H,3,4)/q+1;/p-1. The van der Waals surface area contributed by atoms with Crippen LogP contribution in [0.1, 0.15) is 175 Å². The van der Waals surface area contributed by atoms with Gasteiger partial charge in [0.1, 0.15) is 12.4 Å². The van der Waals surface area contributed by atoms with Crippen LogP contribution in [-0.4, -0.2) is 10.5 Å². The van der Waals surface area contributed by atoms with Gasteiger partial charge >= 0.3 is 0 Å². The summed E-state index contributed by atoms with van der Waals surface area (Å²) in [6.45, 7) is 7.97. The van der Waals surface area contributed by atoms with Crippen LogP contribution < -0.4 is 9.67 Å². The molecule has 1 heterocycles. The van der Waals surface area contributed by atoms with Crippen molar-refractivity contribution < 1.29 is 14.5 Å². The summed E-state index contributed by atoms with van der Waals surface area (Å²) in [5.41, 5.74) is 0. The molecule has 1 aromatic rings. The third kappa shape index (κ3) is 29.1. The molecule has 1 aromatic heterocycles. The van der Waals surface area contributed by atoms with Gasteiger partial charge in [-0.1, -0.05) is 142 Å². The van der Waals surface area contributed by atoms with E-state index in [2.05, 4.69) is 41.7 Å².